The zero-order valence-corrected chi connectivity index (χ0v) is 22.4. The Kier molecular flexibility index (Phi) is 9.22. The number of amides is 1. The molecule has 0 spiro atoms. The summed E-state index contributed by atoms with van der Waals surface area (Å²) in [7, 11) is 0. The molecular formula is C26H32ClFN4O8. The van der Waals surface area contributed by atoms with Crippen LogP contribution in [0.2, 0.25) is 5.02 Å². The van der Waals surface area contributed by atoms with E-state index in [1.165, 1.54) is 18.2 Å². The number of alkyl halides is 1. The lowest BCUT2D eigenvalue weighted by Crippen LogP contribution is -2.52. The molecule has 3 heterocycles. The summed E-state index contributed by atoms with van der Waals surface area (Å²) in [6, 6.07) is 3.83. The number of ether oxygens (including phenoxy) is 2. The van der Waals surface area contributed by atoms with Gasteiger partial charge in [-0.1, -0.05) is 11.6 Å². The summed E-state index contributed by atoms with van der Waals surface area (Å²) in [4.78, 5) is 42.8. The van der Waals surface area contributed by atoms with E-state index in [4.69, 9.17) is 31.9 Å². The fourth-order valence-electron chi connectivity index (χ4n) is 4.79. The van der Waals surface area contributed by atoms with Crippen molar-refractivity contribution in [3.63, 3.8) is 0 Å². The van der Waals surface area contributed by atoms with Crippen LogP contribution in [0.15, 0.2) is 18.2 Å². The molecule has 4 rings (SSSR count). The van der Waals surface area contributed by atoms with E-state index >= 15 is 4.39 Å². The largest absolute Gasteiger partial charge is 0.405 e. The molecule has 2 aliphatic heterocycles. The lowest BCUT2D eigenvalue weighted by molar-refractivity contribution is -0.168. The second kappa shape index (κ2) is 12.3. The van der Waals surface area contributed by atoms with Gasteiger partial charge in [0.2, 0.25) is 5.88 Å². The van der Waals surface area contributed by atoms with Crippen molar-refractivity contribution in [2.24, 2.45) is 5.92 Å². The van der Waals surface area contributed by atoms with Crippen molar-refractivity contribution in [1.82, 2.24) is 15.2 Å². The van der Waals surface area contributed by atoms with Gasteiger partial charge in [0.1, 0.15) is 5.67 Å². The number of anilines is 1. The molecule has 1 aromatic carbocycles. The molecule has 0 radical (unpaired) electrons. The highest BCUT2D eigenvalue weighted by Crippen LogP contribution is 2.33. The summed E-state index contributed by atoms with van der Waals surface area (Å²) in [5, 5.41) is 31.8. The Morgan fingerprint density at radius 1 is 1.40 bits per heavy atom. The van der Waals surface area contributed by atoms with E-state index in [2.05, 4.69) is 15.2 Å². The number of aliphatic hydroxyl groups is 3. The van der Waals surface area contributed by atoms with E-state index in [0.717, 1.165) is 26.2 Å². The maximum Gasteiger partial charge on any atom is 0.345 e. The molecule has 0 bridgehead atoms. The normalized spacial score (nSPS) is 21.5. The number of esters is 1. The topological polar surface area (TPSA) is 185 Å². The number of aliphatic hydroxyl groups excluding tert-OH is 2. The highest BCUT2D eigenvalue weighted by Gasteiger charge is 2.42. The van der Waals surface area contributed by atoms with Crippen molar-refractivity contribution in [2.45, 2.75) is 36.6 Å². The monoisotopic (exact) mass is 582 g/mol. The predicted molar refractivity (Wildman–Crippen MR) is 142 cm³/mol. The van der Waals surface area contributed by atoms with Crippen molar-refractivity contribution in [1.29, 1.82) is 0 Å². The molecule has 0 aliphatic carbocycles. The minimum atomic E-state index is -2.78. The Balaban J connectivity index is 1.46. The van der Waals surface area contributed by atoms with Gasteiger partial charge in [0, 0.05) is 37.7 Å². The van der Waals surface area contributed by atoms with E-state index in [9.17, 15) is 24.6 Å². The number of carbonyl (C=O) groups is 3. The number of piperidine rings is 1. The van der Waals surface area contributed by atoms with Crippen molar-refractivity contribution in [3.05, 3.63) is 28.8 Å². The number of likely N-dealkylation sites (tertiary alicyclic amines) is 1. The zero-order valence-electron chi connectivity index (χ0n) is 21.6. The standard InChI is InChI=1S/C26H32ClFN4O8/c27-18-9-17(23(36)30-12-25(28)4-6-32(7-5-25)10-15-3-8-39-11-15)21-16(20(18)29)1-2-19(31-21)40-24(37)22(35)26(38,13-33)14-34/h1-2,9,13,15,22,34-35,38H,3-8,10-12,14,29H2,(H,30,36). The number of aromatic nitrogens is 1. The Labute approximate surface area is 234 Å². The molecule has 6 N–H and O–H groups in total. The zero-order chi connectivity index (χ0) is 29.1. The molecule has 3 atom stereocenters. The molecule has 0 saturated carbocycles. The van der Waals surface area contributed by atoms with Gasteiger partial charge in [-0.05, 0) is 37.3 Å². The highest BCUT2D eigenvalue weighted by atomic mass is 35.5. The van der Waals surface area contributed by atoms with Crippen LogP contribution in [0.5, 0.6) is 5.88 Å². The smallest absolute Gasteiger partial charge is 0.345 e. The van der Waals surface area contributed by atoms with Gasteiger partial charge >= 0.3 is 5.97 Å². The van der Waals surface area contributed by atoms with Crippen LogP contribution in [0.4, 0.5) is 10.1 Å². The molecule has 2 saturated heterocycles. The highest BCUT2D eigenvalue weighted by molar-refractivity contribution is 6.35. The molecular weight excluding hydrogens is 551 g/mol. The van der Waals surface area contributed by atoms with E-state index in [-0.39, 0.29) is 52.8 Å². The first kappa shape index (κ1) is 30.0. The number of benzene rings is 1. The fraction of sp³-hybridized carbons (Fsp3) is 0.538. The quantitative estimate of drug-likeness (QED) is 0.147. The van der Waals surface area contributed by atoms with Crippen molar-refractivity contribution in [2.75, 3.05) is 51.7 Å². The number of nitrogens with two attached hydrogens (primary N) is 1. The number of halogens is 2. The van der Waals surface area contributed by atoms with E-state index in [1.54, 1.807) is 0 Å². The molecule has 12 nitrogen and oxygen atoms in total. The number of nitrogen functional groups attached to an aromatic ring is 1. The van der Waals surface area contributed by atoms with E-state index in [0.29, 0.717) is 19.0 Å². The van der Waals surface area contributed by atoms with Gasteiger partial charge in [-0.15, -0.1) is 0 Å². The van der Waals surface area contributed by atoms with Crippen molar-refractivity contribution >= 4 is 46.4 Å². The summed E-state index contributed by atoms with van der Waals surface area (Å²) in [6.07, 6.45) is -1.09. The fourth-order valence-corrected chi connectivity index (χ4v) is 5.00. The minimum Gasteiger partial charge on any atom is -0.405 e. The molecule has 1 amide bonds. The van der Waals surface area contributed by atoms with Gasteiger partial charge < -0.3 is 40.7 Å². The molecule has 1 aromatic heterocycles. The Morgan fingerprint density at radius 3 is 2.75 bits per heavy atom. The van der Waals surface area contributed by atoms with Crippen molar-refractivity contribution < 1.29 is 43.6 Å². The maximum absolute atomic E-state index is 15.6. The second-order valence-electron chi connectivity index (χ2n) is 10.3. The van der Waals surface area contributed by atoms with E-state index < -0.39 is 41.7 Å². The first-order valence-electron chi connectivity index (χ1n) is 12.8. The number of hydrogen-bond acceptors (Lipinski definition) is 11. The molecule has 2 fully saturated rings. The lowest BCUT2D eigenvalue weighted by Gasteiger charge is -2.37. The molecule has 2 aliphatic rings. The molecule has 14 heteroatoms. The Hall–Kier alpha value is -2.94. The first-order valence-corrected chi connectivity index (χ1v) is 13.2. The SMILES string of the molecule is Nc1c(Cl)cc(C(=O)NCC2(F)CCN(CC3CCOC3)CC2)c2nc(OC(=O)C(O)C(O)(C=O)CO)ccc12. The van der Waals surface area contributed by atoms with Crippen LogP contribution in [-0.4, -0.2) is 107 Å². The summed E-state index contributed by atoms with van der Waals surface area (Å²) < 4.78 is 25.9. The van der Waals surface area contributed by atoms with Crippen LogP contribution in [0.25, 0.3) is 10.9 Å². The average molecular weight is 583 g/mol. The third-order valence-electron chi connectivity index (χ3n) is 7.41. The lowest BCUT2D eigenvalue weighted by atomic mass is 9.92. The third kappa shape index (κ3) is 6.51. The molecule has 3 unspecified atom stereocenters. The van der Waals surface area contributed by atoms with Gasteiger partial charge in [0.25, 0.3) is 5.91 Å². The van der Waals surface area contributed by atoms with Crippen LogP contribution in [0, 0.1) is 5.92 Å². The molecule has 2 aromatic rings. The van der Waals surface area contributed by atoms with E-state index in [1.807, 2.05) is 0 Å². The van der Waals surface area contributed by atoms with Crippen LogP contribution >= 0.6 is 11.6 Å². The van der Waals surface area contributed by atoms with Gasteiger partial charge in [-0.3, -0.25) is 9.59 Å². The average Bonchev–Trinajstić information content (AvgIpc) is 3.47. The van der Waals surface area contributed by atoms with Gasteiger partial charge in [0.05, 0.1) is 41.5 Å². The minimum absolute atomic E-state index is 0.0199. The number of nitrogens with one attached hydrogen (secondary N) is 1. The summed E-state index contributed by atoms with van der Waals surface area (Å²) in [5.74, 6) is -2.10. The first-order chi connectivity index (χ1) is 19.0. The number of nitrogens with zero attached hydrogens (tertiary/aromatic N) is 2. The van der Waals surface area contributed by atoms with Crippen molar-refractivity contribution in [3.8, 4) is 5.88 Å². The van der Waals surface area contributed by atoms with Gasteiger partial charge in [-0.25, -0.2) is 14.2 Å². The van der Waals surface area contributed by atoms with Gasteiger partial charge in [-0.2, -0.15) is 0 Å². The van der Waals surface area contributed by atoms with Crippen LogP contribution in [0.3, 0.4) is 0 Å². The van der Waals surface area contributed by atoms with Crippen LogP contribution < -0.4 is 15.8 Å². The van der Waals surface area contributed by atoms with Gasteiger partial charge in [0.15, 0.2) is 18.0 Å². The molecule has 218 valence electrons. The third-order valence-corrected chi connectivity index (χ3v) is 7.72. The predicted octanol–water partition coefficient (Wildman–Crippen LogP) is 0.229. The number of rotatable bonds is 10. The number of carbonyl (C=O) groups excluding carboxylic acids is 3. The number of aldehydes is 1. The summed E-state index contributed by atoms with van der Waals surface area (Å²) in [5.41, 5.74) is 1.68. The van der Waals surface area contributed by atoms with Crippen LogP contribution in [-0.2, 0) is 14.3 Å². The number of fused-ring (bicyclic) bond motifs is 1. The molecule has 40 heavy (non-hydrogen) atoms. The number of pyridine rings is 1. The Morgan fingerprint density at radius 2 is 2.12 bits per heavy atom. The summed E-state index contributed by atoms with van der Waals surface area (Å²) in [6.45, 7) is 2.01. The number of hydrogen-bond donors (Lipinski definition) is 5. The second-order valence-corrected chi connectivity index (χ2v) is 10.7. The van der Waals surface area contributed by atoms with Crippen LogP contribution in [0.1, 0.15) is 29.6 Å². The maximum atomic E-state index is 15.6. The Bertz CT molecular complexity index is 1270. The summed E-state index contributed by atoms with van der Waals surface area (Å²) >= 11 is 6.22.